The molecule has 0 bridgehead atoms. The van der Waals surface area contributed by atoms with Crippen LogP contribution in [0.4, 0.5) is 4.39 Å². The molecule has 0 saturated carbocycles. The van der Waals surface area contributed by atoms with E-state index >= 15 is 0 Å². The van der Waals surface area contributed by atoms with Crippen LogP contribution in [0.25, 0.3) is 0 Å². The third-order valence-corrected chi connectivity index (χ3v) is 2.98. The largest absolute Gasteiger partial charge is 0.496 e. The molecule has 1 heterocycles. The molecule has 0 aliphatic carbocycles. The molecule has 0 saturated heterocycles. The van der Waals surface area contributed by atoms with Gasteiger partial charge in [0.2, 0.25) is 0 Å². The summed E-state index contributed by atoms with van der Waals surface area (Å²) in [5.41, 5.74) is 4.90. The van der Waals surface area contributed by atoms with Crippen molar-refractivity contribution in [3.05, 3.63) is 59.2 Å². The van der Waals surface area contributed by atoms with E-state index in [4.69, 9.17) is 10.6 Å². The van der Waals surface area contributed by atoms with Crippen LogP contribution < -0.4 is 16.0 Å². The predicted molar refractivity (Wildman–Crippen MR) is 71.1 cm³/mol. The van der Waals surface area contributed by atoms with Gasteiger partial charge >= 0.3 is 0 Å². The van der Waals surface area contributed by atoms with Gasteiger partial charge in [-0.25, -0.2) is 9.82 Å². The zero-order valence-corrected chi connectivity index (χ0v) is 10.9. The Balaban J connectivity index is 2.54. The minimum Gasteiger partial charge on any atom is -0.496 e. The molecule has 1 atom stereocenters. The minimum atomic E-state index is -0.488. The van der Waals surface area contributed by atoms with Gasteiger partial charge in [-0.05, 0) is 19.1 Å². The van der Waals surface area contributed by atoms with Crippen LogP contribution in [0, 0.1) is 12.7 Å². The highest BCUT2D eigenvalue weighted by molar-refractivity contribution is 5.43. The minimum absolute atomic E-state index is 0.408. The second kappa shape index (κ2) is 5.77. The molecule has 0 amide bonds. The summed E-state index contributed by atoms with van der Waals surface area (Å²) in [6, 6.07) is 6.80. The van der Waals surface area contributed by atoms with Crippen molar-refractivity contribution in [1.82, 2.24) is 10.4 Å². The van der Waals surface area contributed by atoms with Crippen molar-refractivity contribution < 1.29 is 9.13 Å². The maximum atomic E-state index is 13.8. The Labute approximate surface area is 111 Å². The summed E-state index contributed by atoms with van der Waals surface area (Å²) >= 11 is 0. The van der Waals surface area contributed by atoms with E-state index in [0.29, 0.717) is 11.3 Å². The summed E-state index contributed by atoms with van der Waals surface area (Å²) in [4.78, 5) is 3.74. The number of nitrogens with one attached hydrogen (secondary N) is 1. The van der Waals surface area contributed by atoms with E-state index in [9.17, 15) is 4.39 Å². The number of nitrogens with two attached hydrogens (primary N) is 1. The number of aryl methyl sites for hydroxylation is 1. The average Bonchev–Trinajstić information content (AvgIpc) is 2.42. The van der Waals surface area contributed by atoms with Gasteiger partial charge in [0.1, 0.15) is 11.6 Å². The van der Waals surface area contributed by atoms with Crippen LogP contribution in [0.2, 0.25) is 0 Å². The lowest BCUT2D eigenvalue weighted by Crippen LogP contribution is -2.30. The van der Waals surface area contributed by atoms with Crippen LogP contribution in [-0.2, 0) is 0 Å². The van der Waals surface area contributed by atoms with Gasteiger partial charge in [0, 0.05) is 17.3 Å². The first kappa shape index (κ1) is 13.5. The molecule has 19 heavy (non-hydrogen) atoms. The molecule has 1 unspecified atom stereocenters. The average molecular weight is 261 g/mol. The molecule has 1 aromatic heterocycles. The molecule has 2 rings (SSSR count). The standard InChI is InChI=1S/C14H16FN3O/c1-9-3-4-13(19-2)11(7-9)14(18-16)10-5-6-17-8-12(10)15/h3-8,14,18H,16H2,1-2H3. The molecule has 100 valence electrons. The molecule has 1 aromatic carbocycles. The lowest BCUT2D eigenvalue weighted by atomic mass is 9.97. The number of hydrazine groups is 1. The Bertz CT molecular complexity index is 574. The molecule has 3 N–H and O–H groups in total. The number of nitrogens with zero attached hydrogens (tertiary/aromatic N) is 1. The van der Waals surface area contributed by atoms with Crippen molar-refractivity contribution >= 4 is 0 Å². The predicted octanol–water partition coefficient (Wildman–Crippen LogP) is 2.09. The van der Waals surface area contributed by atoms with Gasteiger partial charge in [-0.3, -0.25) is 10.8 Å². The van der Waals surface area contributed by atoms with Crippen LogP contribution in [0.3, 0.4) is 0 Å². The van der Waals surface area contributed by atoms with E-state index in [1.807, 2.05) is 25.1 Å². The lowest BCUT2D eigenvalue weighted by Gasteiger charge is -2.20. The monoisotopic (exact) mass is 261 g/mol. The highest BCUT2D eigenvalue weighted by atomic mass is 19.1. The summed E-state index contributed by atoms with van der Waals surface area (Å²) < 4.78 is 19.2. The number of halogens is 1. The van der Waals surface area contributed by atoms with Crippen molar-refractivity contribution in [2.24, 2.45) is 5.84 Å². The number of methoxy groups -OCH3 is 1. The third kappa shape index (κ3) is 2.72. The summed E-state index contributed by atoms with van der Waals surface area (Å²) in [5.74, 6) is 5.84. The molecule has 0 aliphatic rings. The van der Waals surface area contributed by atoms with Crippen LogP contribution in [0.1, 0.15) is 22.7 Å². The maximum Gasteiger partial charge on any atom is 0.146 e. The van der Waals surface area contributed by atoms with E-state index in [0.717, 1.165) is 11.1 Å². The molecule has 5 heteroatoms. The molecular formula is C14H16FN3O. The Morgan fingerprint density at radius 3 is 2.74 bits per heavy atom. The van der Waals surface area contributed by atoms with Crippen molar-refractivity contribution in [3.8, 4) is 5.75 Å². The normalized spacial score (nSPS) is 12.2. The Hall–Kier alpha value is -1.98. The van der Waals surface area contributed by atoms with E-state index in [1.165, 1.54) is 12.4 Å². The van der Waals surface area contributed by atoms with E-state index in [1.54, 1.807) is 13.2 Å². The number of hydrogen-bond acceptors (Lipinski definition) is 4. The fourth-order valence-electron chi connectivity index (χ4n) is 2.05. The Morgan fingerprint density at radius 2 is 2.11 bits per heavy atom. The number of benzene rings is 1. The van der Waals surface area contributed by atoms with Crippen LogP contribution in [-0.4, -0.2) is 12.1 Å². The van der Waals surface area contributed by atoms with Crippen LogP contribution in [0.15, 0.2) is 36.7 Å². The fraction of sp³-hybridized carbons (Fsp3) is 0.214. The molecular weight excluding hydrogens is 245 g/mol. The summed E-state index contributed by atoms with van der Waals surface area (Å²) in [5, 5.41) is 0. The zero-order chi connectivity index (χ0) is 13.8. The van der Waals surface area contributed by atoms with Crippen molar-refractivity contribution in [3.63, 3.8) is 0 Å². The second-order valence-electron chi connectivity index (χ2n) is 4.24. The van der Waals surface area contributed by atoms with E-state index in [2.05, 4.69) is 10.4 Å². The maximum absolute atomic E-state index is 13.8. The highest BCUT2D eigenvalue weighted by Gasteiger charge is 2.20. The fourth-order valence-corrected chi connectivity index (χ4v) is 2.05. The molecule has 0 fully saturated rings. The summed E-state index contributed by atoms with van der Waals surface area (Å²) in [6.07, 6.45) is 2.70. The first-order chi connectivity index (χ1) is 9.17. The first-order valence-corrected chi connectivity index (χ1v) is 5.87. The number of pyridine rings is 1. The van der Waals surface area contributed by atoms with Gasteiger partial charge in [-0.1, -0.05) is 17.7 Å². The third-order valence-electron chi connectivity index (χ3n) is 2.98. The van der Waals surface area contributed by atoms with Gasteiger partial charge in [-0.15, -0.1) is 0 Å². The molecule has 0 aliphatic heterocycles. The van der Waals surface area contributed by atoms with Gasteiger partial charge < -0.3 is 4.74 Å². The van der Waals surface area contributed by atoms with Gasteiger partial charge in [0.25, 0.3) is 0 Å². The smallest absolute Gasteiger partial charge is 0.146 e. The number of ether oxygens (including phenoxy) is 1. The SMILES string of the molecule is COc1ccc(C)cc1C(NN)c1ccncc1F. The van der Waals surface area contributed by atoms with E-state index < -0.39 is 11.9 Å². The van der Waals surface area contributed by atoms with Crippen molar-refractivity contribution in [2.45, 2.75) is 13.0 Å². The molecule has 4 nitrogen and oxygen atoms in total. The topological polar surface area (TPSA) is 60.2 Å². The zero-order valence-electron chi connectivity index (χ0n) is 10.9. The lowest BCUT2D eigenvalue weighted by molar-refractivity contribution is 0.403. The van der Waals surface area contributed by atoms with Crippen LogP contribution in [0.5, 0.6) is 5.75 Å². The molecule has 0 spiro atoms. The van der Waals surface area contributed by atoms with Gasteiger partial charge in [0.05, 0.1) is 19.3 Å². The van der Waals surface area contributed by atoms with Crippen molar-refractivity contribution in [1.29, 1.82) is 0 Å². The molecule has 0 radical (unpaired) electrons. The Kier molecular flexibility index (Phi) is 4.09. The summed E-state index contributed by atoms with van der Waals surface area (Å²) in [6.45, 7) is 1.96. The highest BCUT2D eigenvalue weighted by Crippen LogP contribution is 2.31. The van der Waals surface area contributed by atoms with Crippen LogP contribution >= 0.6 is 0 Å². The molecule has 2 aromatic rings. The first-order valence-electron chi connectivity index (χ1n) is 5.87. The second-order valence-corrected chi connectivity index (χ2v) is 4.24. The van der Waals surface area contributed by atoms with Gasteiger partial charge in [0.15, 0.2) is 0 Å². The number of aromatic nitrogens is 1. The quantitative estimate of drug-likeness (QED) is 0.653. The van der Waals surface area contributed by atoms with Gasteiger partial charge in [-0.2, -0.15) is 0 Å². The number of hydrogen-bond donors (Lipinski definition) is 2. The van der Waals surface area contributed by atoms with Crippen molar-refractivity contribution in [2.75, 3.05) is 7.11 Å². The van der Waals surface area contributed by atoms with E-state index in [-0.39, 0.29) is 0 Å². The summed E-state index contributed by atoms with van der Waals surface area (Å²) in [7, 11) is 1.57. The Morgan fingerprint density at radius 1 is 1.32 bits per heavy atom. The number of rotatable bonds is 4.